The van der Waals surface area contributed by atoms with Gasteiger partial charge in [-0.15, -0.1) is 11.3 Å². The second kappa shape index (κ2) is 11.3. The number of nitrogens with one attached hydrogen (secondary N) is 1. The first-order chi connectivity index (χ1) is 16.5. The van der Waals surface area contributed by atoms with E-state index >= 15 is 0 Å². The zero-order valence-corrected chi connectivity index (χ0v) is 19.9. The monoisotopic (exact) mass is 480 g/mol. The van der Waals surface area contributed by atoms with Crippen molar-refractivity contribution in [3.8, 4) is 0 Å². The van der Waals surface area contributed by atoms with Crippen molar-refractivity contribution in [3.63, 3.8) is 0 Å². The minimum Gasteiger partial charge on any atom is -0.438 e. The summed E-state index contributed by atoms with van der Waals surface area (Å²) in [5.74, 6) is -0.217. The molecule has 1 N–H and O–H groups in total. The standard InChI is InChI=1S/C27H29FN2O3S/c28-23-11-8-21(9-12-23)10-13-25(31)30-18-15-27(16-19-30,22-5-2-1-3-6-22)33-26(32)29-17-14-24-7-4-20-34-24/h1-9,11-12,20H,10,13-19H2,(H,29,32). The smallest absolute Gasteiger partial charge is 0.408 e. The third kappa shape index (κ3) is 6.23. The van der Waals surface area contributed by atoms with Crippen molar-refractivity contribution in [2.24, 2.45) is 0 Å². The molecule has 0 unspecified atom stereocenters. The van der Waals surface area contributed by atoms with E-state index in [2.05, 4.69) is 5.32 Å². The highest BCUT2D eigenvalue weighted by atomic mass is 32.1. The molecule has 0 bridgehead atoms. The second-order valence-electron chi connectivity index (χ2n) is 8.51. The number of hydrogen-bond donors (Lipinski definition) is 1. The summed E-state index contributed by atoms with van der Waals surface area (Å²) in [4.78, 5) is 28.5. The molecule has 34 heavy (non-hydrogen) atoms. The molecule has 2 amide bonds. The third-order valence-corrected chi connectivity index (χ3v) is 7.21. The number of halogens is 1. The lowest BCUT2D eigenvalue weighted by molar-refractivity contribution is -0.135. The van der Waals surface area contributed by atoms with Gasteiger partial charge in [0.05, 0.1) is 0 Å². The molecule has 178 valence electrons. The predicted molar refractivity (Wildman–Crippen MR) is 131 cm³/mol. The summed E-state index contributed by atoms with van der Waals surface area (Å²) in [7, 11) is 0. The van der Waals surface area contributed by atoms with Crippen LogP contribution >= 0.6 is 11.3 Å². The quantitative estimate of drug-likeness (QED) is 0.476. The van der Waals surface area contributed by atoms with Gasteiger partial charge in [0.25, 0.3) is 0 Å². The van der Waals surface area contributed by atoms with E-state index in [4.69, 9.17) is 4.74 Å². The number of amides is 2. The van der Waals surface area contributed by atoms with Gasteiger partial charge in [0.1, 0.15) is 11.4 Å². The van der Waals surface area contributed by atoms with Crippen molar-refractivity contribution in [3.05, 3.63) is 93.9 Å². The van der Waals surface area contributed by atoms with Crippen molar-refractivity contribution < 1.29 is 18.7 Å². The van der Waals surface area contributed by atoms with Crippen molar-refractivity contribution in [1.82, 2.24) is 10.2 Å². The van der Waals surface area contributed by atoms with E-state index in [0.717, 1.165) is 17.5 Å². The highest BCUT2D eigenvalue weighted by Gasteiger charge is 2.40. The van der Waals surface area contributed by atoms with E-state index < -0.39 is 11.7 Å². The SMILES string of the molecule is O=C(NCCc1cccs1)OC1(c2ccccc2)CCN(C(=O)CCc2ccc(F)cc2)CC1. The largest absolute Gasteiger partial charge is 0.438 e. The van der Waals surface area contributed by atoms with Crippen LogP contribution in [0.5, 0.6) is 0 Å². The summed E-state index contributed by atoms with van der Waals surface area (Å²) in [6.45, 7) is 1.54. The fourth-order valence-electron chi connectivity index (χ4n) is 4.33. The van der Waals surface area contributed by atoms with Gasteiger partial charge in [0.15, 0.2) is 0 Å². The molecule has 1 aromatic heterocycles. The van der Waals surface area contributed by atoms with Crippen LogP contribution < -0.4 is 5.32 Å². The minimum atomic E-state index is -0.762. The number of piperidine rings is 1. The highest BCUT2D eigenvalue weighted by molar-refractivity contribution is 7.09. The Labute approximate surface area is 203 Å². The van der Waals surface area contributed by atoms with Crippen molar-refractivity contribution in [2.45, 2.75) is 37.7 Å². The number of rotatable bonds is 8. The summed E-state index contributed by atoms with van der Waals surface area (Å²) in [5.41, 5.74) is 1.12. The van der Waals surface area contributed by atoms with Gasteiger partial charge in [0, 0.05) is 43.8 Å². The Bertz CT molecular complexity index is 1060. The van der Waals surface area contributed by atoms with Crippen molar-refractivity contribution in [2.75, 3.05) is 19.6 Å². The maximum Gasteiger partial charge on any atom is 0.408 e. The molecule has 0 saturated carbocycles. The first-order valence-electron chi connectivity index (χ1n) is 11.6. The molecule has 5 nitrogen and oxygen atoms in total. The molecule has 7 heteroatoms. The Morgan fingerprint density at radius 1 is 0.971 bits per heavy atom. The molecule has 0 aliphatic carbocycles. The van der Waals surface area contributed by atoms with E-state index in [1.165, 1.54) is 17.0 Å². The second-order valence-corrected chi connectivity index (χ2v) is 9.55. The lowest BCUT2D eigenvalue weighted by Gasteiger charge is -2.41. The van der Waals surface area contributed by atoms with Crippen molar-refractivity contribution in [1.29, 1.82) is 0 Å². The summed E-state index contributed by atoms with van der Waals surface area (Å²) in [6.07, 6.45) is 2.35. The average Bonchev–Trinajstić information content (AvgIpc) is 3.38. The van der Waals surface area contributed by atoms with Crippen LogP contribution in [-0.2, 0) is 28.0 Å². The van der Waals surface area contributed by atoms with Crippen LogP contribution in [-0.4, -0.2) is 36.5 Å². The maximum atomic E-state index is 13.1. The Morgan fingerprint density at radius 2 is 1.71 bits per heavy atom. The van der Waals surface area contributed by atoms with Gasteiger partial charge in [-0.1, -0.05) is 48.5 Å². The number of nitrogens with zero attached hydrogens (tertiary/aromatic N) is 1. The molecule has 3 aromatic rings. The zero-order chi connectivity index (χ0) is 23.8. The molecule has 0 spiro atoms. The molecule has 2 heterocycles. The molecule has 2 aromatic carbocycles. The van der Waals surface area contributed by atoms with Crippen LogP contribution in [0.15, 0.2) is 72.1 Å². The molecular formula is C27H29FN2O3S. The number of aryl methyl sites for hydroxylation is 1. The summed E-state index contributed by atoms with van der Waals surface area (Å²) in [6, 6.07) is 20.1. The topological polar surface area (TPSA) is 58.6 Å². The number of thiophene rings is 1. The van der Waals surface area contributed by atoms with Gasteiger partial charge in [0.2, 0.25) is 5.91 Å². The summed E-state index contributed by atoms with van der Waals surface area (Å²) >= 11 is 1.67. The molecule has 0 radical (unpaired) electrons. The number of carbonyl (C=O) groups excluding carboxylic acids is 2. The number of alkyl carbamates (subject to hydrolysis) is 1. The fourth-order valence-corrected chi connectivity index (χ4v) is 5.03. The third-order valence-electron chi connectivity index (χ3n) is 6.27. The Kier molecular flexibility index (Phi) is 7.95. The van der Waals surface area contributed by atoms with Crippen LogP contribution in [0.2, 0.25) is 0 Å². The van der Waals surface area contributed by atoms with Gasteiger partial charge in [-0.3, -0.25) is 4.79 Å². The van der Waals surface area contributed by atoms with E-state index in [-0.39, 0.29) is 11.7 Å². The van der Waals surface area contributed by atoms with Crippen LogP contribution in [0.4, 0.5) is 9.18 Å². The van der Waals surface area contributed by atoms with Gasteiger partial charge >= 0.3 is 6.09 Å². The van der Waals surface area contributed by atoms with E-state index in [1.54, 1.807) is 23.5 Å². The molecule has 1 fully saturated rings. The minimum absolute atomic E-state index is 0.0615. The van der Waals surface area contributed by atoms with Crippen LogP contribution in [0, 0.1) is 5.82 Å². The van der Waals surface area contributed by atoms with Crippen molar-refractivity contribution >= 4 is 23.3 Å². The summed E-state index contributed by atoms with van der Waals surface area (Å²) in [5, 5.41) is 4.90. The number of ether oxygens (including phenoxy) is 1. The number of hydrogen-bond acceptors (Lipinski definition) is 4. The number of likely N-dealkylation sites (tertiary alicyclic amines) is 1. The predicted octanol–water partition coefficient (Wildman–Crippen LogP) is 5.31. The normalized spacial score (nSPS) is 15.0. The zero-order valence-electron chi connectivity index (χ0n) is 19.0. The molecule has 1 aliphatic heterocycles. The molecule has 1 aliphatic rings. The van der Waals surface area contributed by atoms with Gasteiger partial charge in [-0.25, -0.2) is 9.18 Å². The number of carbonyl (C=O) groups is 2. The Morgan fingerprint density at radius 3 is 2.38 bits per heavy atom. The maximum absolute atomic E-state index is 13.1. The lowest BCUT2D eigenvalue weighted by Crippen LogP contribution is -2.48. The van der Waals surface area contributed by atoms with Gasteiger partial charge in [-0.05, 0) is 47.5 Å². The molecule has 4 rings (SSSR count). The summed E-state index contributed by atoms with van der Waals surface area (Å²) < 4.78 is 19.1. The number of benzene rings is 2. The Hall–Kier alpha value is -3.19. The first kappa shape index (κ1) is 24.0. The lowest BCUT2D eigenvalue weighted by atomic mass is 9.84. The fraction of sp³-hybridized carbons (Fsp3) is 0.333. The van der Waals surface area contributed by atoms with E-state index in [0.29, 0.717) is 45.3 Å². The molecular weight excluding hydrogens is 451 g/mol. The van der Waals surface area contributed by atoms with Gasteiger partial charge < -0.3 is 15.0 Å². The van der Waals surface area contributed by atoms with E-state index in [9.17, 15) is 14.0 Å². The van der Waals surface area contributed by atoms with Crippen LogP contribution in [0.1, 0.15) is 35.3 Å². The van der Waals surface area contributed by atoms with Gasteiger partial charge in [-0.2, -0.15) is 0 Å². The molecule has 1 saturated heterocycles. The average molecular weight is 481 g/mol. The van der Waals surface area contributed by atoms with Crippen LogP contribution in [0.25, 0.3) is 0 Å². The molecule has 0 atom stereocenters. The Balaban J connectivity index is 1.34. The van der Waals surface area contributed by atoms with Crippen LogP contribution in [0.3, 0.4) is 0 Å². The van der Waals surface area contributed by atoms with E-state index in [1.807, 2.05) is 52.7 Å². The first-order valence-corrected chi connectivity index (χ1v) is 12.5. The highest BCUT2D eigenvalue weighted by Crippen LogP contribution is 2.37.